The van der Waals surface area contributed by atoms with Crippen LogP contribution in [0.2, 0.25) is 0 Å². The average Bonchev–Trinajstić information content (AvgIpc) is 3.20. The first-order valence-corrected chi connectivity index (χ1v) is 22.6. The van der Waals surface area contributed by atoms with Gasteiger partial charge in [-0.25, -0.2) is 0 Å². The molecule has 3 heterocycles. The van der Waals surface area contributed by atoms with E-state index < -0.39 is 128 Å². The van der Waals surface area contributed by atoms with Gasteiger partial charge < -0.3 is 71.0 Å². The van der Waals surface area contributed by atoms with E-state index >= 15 is 0 Å². The summed E-state index contributed by atoms with van der Waals surface area (Å²) in [6.45, 7) is 6.90. The zero-order valence-corrected chi connectivity index (χ0v) is 37.6. The molecule has 12 N–H and O–H groups in total. The molecular formula is C48H75NO15. The van der Waals surface area contributed by atoms with Crippen molar-refractivity contribution in [1.82, 2.24) is 0 Å². The molecule has 0 saturated carbocycles. The molecule has 3 rings (SSSR count). The van der Waals surface area contributed by atoms with Gasteiger partial charge in [-0.15, -0.1) is 0 Å². The molecule has 0 radical (unpaired) electrons. The highest BCUT2D eigenvalue weighted by atomic mass is 16.6. The molecule has 0 aliphatic carbocycles. The van der Waals surface area contributed by atoms with Crippen molar-refractivity contribution in [3.05, 3.63) is 85.1 Å². The highest BCUT2D eigenvalue weighted by Gasteiger charge is 2.50. The van der Waals surface area contributed by atoms with Crippen LogP contribution in [0.5, 0.6) is 0 Å². The molecule has 16 nitrogen and oxygen atoms in total. The second-order valence-electron chi connectivity index (χ2n) is 17.9. The maximum absolute atomic E-state index is 12.6. The van der Waals surface area contributed by atoms with Crippen LogP contribution in [0.4, 0.5) is 0 Å². The van der Waals surface area contributed by atoms with E-state index in [-0.39, 0.29) is 57.3 Å². The minimum absolute atomic E-state index is 0.0472. The fourth-order valence-electron chi connectivity index (χ4n) is 8.51. The second kappa shape index (κ2) is 27.3. The van der Waals surface area contributed by atoms with Gasteiger partial charge in [-0.3, -0.25) is 9.59 Å². The number of hydrogen-bond donors (Lipinski definition) is 11. The molecule has 3 aliphatic rings. The van der Waals surface area contributed by atoms with Gasteiger partial charge in [-0.1, -0.05) is 98.9 Å². The molecule has 0 aromatic rings. The van der Waals surface area contributed by atoms with E-state index in [4.69, 9.17) is 19.9 Å². The van der Waals surface area contributed by atoms with Crippen LogP contribution in [-0.4, -0.2) is 148 Å². The highest BCUT2D eigenvalue weighted by Crippen LogP contribution is 2.39. The Morgan fingerprint density at radius 3 is 1.83 bits per heavy atom. The molecule has 16 heteroatoms. The number of rotatable bonds is 3. The van der Waals surface area contributed by atoms with Crippen molar-refractivity contribution in [2.75, 3.05) is 0 Å². The van der Waals surface area contributed by atoms with Gasteiger partial charge in [0.05, 0.1) is 79.6 Å². The number of aliphatic hydroxyl groups is 9. The molecule has 2 fully saturated rings. The van der Waals surface area contributed by atoms with Gasteiger partial charge in [0.2, 0.25) is 0 Å². The lowest BCUT2D eigenvalue weighted by atomic mass is 9.79. The maximum Gasteiger partial charge on any atom is 0.311 e. The number of fused-ring (bicyclic) bond motifs is 2. The normalized spacial score (nSPS) is 44.8. The minimum Gasteiger partial charge on any atom is -0.481 e. The second-order valence-corrected chi connectivity index (χ2v) is 17.9. The summed E-state index contributed by atoms with van der Waals surface area (Å²) in [6, 6.07) is -0.998. The topological polar surface area (TPSA) is 290 Å². The number of carbonyl (C=O) groups is 2. The smallest absolute Gasteiger partial charge is 0.311 e. The highest BCUT2D eigenvalue weighted by molar-refractivity contribution is 5.71. The number of cyclic esters (lactones) is 1. The number of esters is 1. The molecule has 0 aromatic carbocycles. The number of carbonyl (C=O) groups excluding carboxylic acids is 1. The SMILES string of the molecule is CC1OC(C[C@H]2/C=C/C=C/C=C/C=C/C=C/C=C/C=C/[C@H](C)[C@@H](O)[C@@H](C)[C@H](C)OC(=O)C[C@H](O)CC(O)C[C@H](O)CCC[C@H](O)C[C@]3(O)C[C@H](O)[C@@H](C(=O)O)C(C2)O3)C(O)C(N)C1O. The lowest BCUT2D eigenvalue weighted by Crippen LogP contribution is -2.60. The third-order valence-corrected chi connectivity index (χ3v) is 12.4. The fourth-order valence-corrected chi connectivity index (χ4v) is 8.51. The average molecular weight is 906 g/mol. The summed E-state index contributed by atoms with van der Waals surface area (Å²) >= 11 is 0. The van der Waals surface area contributed by atoms with Gasteiger partial charge in [0.1, 0.15) is 12.0 Å². The van der Waals surface area contributed by atoms with Crippen LogP contribution >= 0.6 is 0 Å². The molecule has 0 amide bonds. The van der Waals surface area contributed by atoms with Crippen LogP contribution in [0, 0.1) is 23.7 Å². The van der Waals surface area contributed by atoms with Gasteiger partial charge in [0.25, 0.3) is 0 Å². The first-order valence-electron chi connectivity index (χ1n) is 22.6. The van der Waals surface area contributed by atoms with E-state index in [0.717, 1.165) is 0 Å². The van der Waals surface area contributed by atoms with Crippen molar-refractivity contribution < 1.29 is 74.9 Å². The molecular weight excluding hydrogens is 831 g/mol. The van der Waals surface area contributed by atoms with Gasteiger partial charge in [0, 0.05) is 24.7 Å². The summed E-state index contributed by atoms with van der Waals surface area (Å²) in [5, 5.41) is 108. The maximum atomic E-state index is 12.6. The lowest BCUT2D eigenvalue weighted by Gasteiger charge is -2.45. The van der Waals surface area contributed by atoms with Crippen LogP contribution in [0.15, 0.2) is 85.1 Å². The predicted molar refractivity (Wildman–Crippen MR) is 239 cm³/mol. The van der Waals surface area contributed by atoms with Crippen LogP contribution in [0.1, 0.15) is 91.9 Å². The Morgan fingerprint density at radius 1 is 0.688 bits per heavy atom. The number of nitrogens with two attached hydrogens (primary N) is 1. The Bertz CT molecular complexity index is 1630. The molecule has 362 valence electrons. The van der Waals surface area contributed by atoms with Gasteiger partial charge in [-0.2, -0.15) is 0 Å². The molecule has 64 heavy (non-hydrogen) atoms. The van der Waals surface area contributed by atoms with Crippen LogP contribution in [-0.2, 0) is 23.8 Å². The lowest BCUT2D eigenvalue weighted by molar-refractivity contribution is -0.299. The van der Waals surface area contributed by atoms with Crippen molar-refractivity contribution in [1.29, 1.82) is 0 Å². The number of allylic oxidation sites excluding steroid dienone is 13. The molecule has 7 unspecified atom stereocenters. The first kappa shape index (κ1) is 55.0. The fraction of sp³-hybridized carbons (Fsp3) is 0.667. The van der Waals surface area contributed by atoms with E-state index in [9.17, 15) is 60.7 Å². The number of aliphatic hydroxyl groups excluding tert-OH is 8. The van der Waals surface area contributed by atoms with E-state index in [1.807, 2.05) is 61.6 Å². The van der Waals surface area contributed by atoms with E-state index in [0.29, 0.717) is 0 Å². The number of ether oxygens (including phenoxy) is 3. The Kier molecular flexibility index (Phi) is 23.5. The molecule has 2 bridgehead atoms. The van der Waals surface area contributed by atoms with Crippen molar-refractivity contribution in [2.24, 2.45) is 29.4 Å². The zero-order chi connectivity index (χ0) is 47.6. The molecule has 2 saturated heterocycles. The Morgan fingerprint density at radius 2 is 1.23 bits per heavy atom. The summed E-state index contributed by atoms with van der Waals surface area (Å²) in [5.41, 5.74) is 6.11. The summed E-state index contributed by atoms with van der Waals surface area (Å²) in [4.78, 5) is 25.1. The molecule has 3 aliphatic heterocycles. The van der Waals surface area contributed by atoms with Gasteiger partial charge >= 0.3 is 11.9 Å². The van der Waals surface area contributed by atoms with Crippen molar-refractivity contribution in [2.45, 2.75) is 177 Å². The monoisotopic (exact) mass is 906 g/mol. The van der Waals surface area contributed by atoms with Gasteiger partial charge in [0.15, 0.2) is 5.79 Å². The first-order chi connectivity index (χ1) is 30.2. The molecule has 0 aromatic heterocycles. The number of hydrogen-bond acceptors (Lipinski definition) is 15. The summed E-state index contributed by atoms with van der Waals surface area (Å²) in [7, 11) is 0. The number of aliphatic carboxylic acids is 1. The van der Waals surface area contributed by atoms with Gasteiger partial charge in [-0.05, 0) is 64.7 Å². The zero-order valence-electron chi connectivity index (χ0n) is 37.6. The van der Waals surface area contributed by atoms with E-state index in [2.05, 4.69) is 0 Å². The Hall–Kier alpha value is -3.36. The number of carboxylic acid groups (broad SMARTS) is 1. The third-order valence-electron chi connectivity index (χ3n) is 12.4. The minimum atomic E-state index is -2.12. The Balaban J connectivity index is 1.83. The van der Waals surface area contributed by atoms with E-state index in [1.54, 1.807) is 51.2 Å². The Labute approximate surface area is 377 Å². The van der Waals surface area contributed by atoms with Crippen molar-refractivity contribution in [3.63, 3.8) is 0 Å². The van der Waals surface area contributed by atoms with Crippen LogP contribution in [0.25, 0.3) is 0 Å². The van der Waals surface area contributed by atoms with Crippen molar-refractivity contribution in [3.8, 4) is 0 Å². The molecule has 18 atom stereocenters. The summed E-state index contributed by atoms with van der Waals surface area (Å²) < 4.78 is 17.5. The largest absolute Gasteiger partial charge is 0.481 e. The van der Waals surface area contributed by atoms with E-state index in [1.165, 1.54) is 0 Å². The molecule has 0 spiro atoms. The van der Waals surface area contributed by atoms with Crippen molar-refractivity contribution >= 4 is 11.9 Å². The van der Waals surface area contributed by atoms with Crippen LogP contribution < -0.4 is 5.73 Å². The summed E-state index contributed by atoms with van der Waals surface area (Å²) in [6.07, 6.45) is 11.4. The quantitative estimate of drug-likeness (QED) is 0.181. The number of carboxylic acids is 1. The predicted octanol–water partition coefficient (Wildman–Crippen LogP) is 2.40. The summed E-state index contributed by atoms with van der Waals surface area (Å²) in [5.74, 6) is -6.85. The third kappa shape index (κ3) is 18.5. The van der Waals surface area contributed by atoms with Crippen LogP contribution in [0.3, 0.4) is 0 Å². The standard InChI is InChI=1S/C48H75NO15/c1-29-18-15-13-11-9-7-5-6-8-10-12-14-16-19-33(23-40-46(58)43(49)45(57)32(4)62-40)22-39-42(47(59)60)38(54)28-48(61,64-39)27-35(51)21-17-20-34(50)24-36(52)25-37(53)26-41(55)63-31(3)30(2)44(29)56/h5-16,18-19,29-40,42-46,50-54,56-58,61H,17,20-28,49H2,1-4H3,(H,59,60)/b6-5+,9-7+,10-8+,13-11+,14-12+,18-15+,19-16+/t29-,30-,31-,32?,33-,34+,35-,36?,37+,38-,39?,40?,42+,43?,44+,45?,46?,48+/m0/s1.